The van der Waals surface area contributed by atoms with Crippen molar-refractivity contribution in [2.45, 2.75) is 31.9 Å². The molecule has 0 saturated carbocycles. The van der Waals surface area contributed by atoms with Crippen LogP contribution in [0, 0.1) is 0 Å². The molecule has 198 valence electrons. The highest BCUT2D eigenvalue weighted by Gasteiger charge is 2.14. The molecule has 1 aromatic heterocycles. The summed E-state index contributed by atoms with van der Waals surface area (Å²) in [5.41, 5.74) is 2.98. The van der Waals surface area contributed by atoms with E-state index in [-0.39, 0.29) is 18.6 Å². The number of nitrogens with zero attached hydrogens (tertiary/aromatic N) is 1. The van der Waals surface area contributed by atoms with Gasteiger partial charge in [-0.2, -0.15) is 0 Å². The highest BCUT2D eigenvalue weighted by atomic mass is 35.5. The molecule has 0 aliphatic carbocycles. The van der Waals surface area contributed by atoms with E-state index < -0.39 is 6.10 Å². The lowest BCUT2D eigenvalue weighted by atomic mass is 10.0. The molecule has 0 aliphatic heterocycles. The molecule has 0 bridgehead atoms. The molecular weight excluding hydrogens is 502 g/mol. The van der Waals surface area contributed by atoms with Crippen molar-refractivity contribution < 1.29 is 19.7 Å². The molecule has 38 heavy (non-hydrogen) atoms. The molecular formula is C30H32ClN3O4. The van der Waals surface area contributed by atoms with Crippen LogP contribution in [0.3, 0.4) is 0 Å². The van der Waals surface area contributed by atoms with Crippen molar-refractivity contribution in [3.05, 3.63) is 101 Å². The number of hydrogen-bond acceptors (Lipinski definition) is 6. The van der Waals surface area contributed by atoms with E-state index in [1.807, 2.05) is 43.3 Å². The first-order valence-corrected chi connectivity index (χ1v) is 13.1. The first-order valence-electron chi connectivity index (χ1n) is 12.7. The molecule has 1 amide bonds. The zero-order valence-corrected chi connectivity index (χ0v) is 22.0. The number of carbonyl (C=O) groups excluding carboxylic acids is 1. The Kier molecular flexibility index (Phi) is 9.67. The normalized spacial score (nSPS) is 12.7. The summed E-state index contributed by atoms with van der Waals surface area (Å²) in [5.74, 6) is 1.19. The van der Waals surface area contributed by atoms with Gasteiger partial charge in [0.15, 0.2) is 0 Å². The summed E-state index contributed by atoms with van der Waals surface area (Å²) >= 11 is 6.01. The molecule has 4 rings (SSSR count). The number of nitrogens with one attached hydrogen (secondary N) is 2. The van der Waals surface area contributed by atoms with E-state index in [0.29, 0.717) is 47.1 Å². The number of amides is 1. The lowest BCUT2D eigenvalue weighted by molar-refractivity contribution is 0.0953. The number of ether oxygens (including phenoxy) is 1. The zero-order valence-electron chi connectivity index (χ0n) is 21.2. The molecule has 7 nitrogen and oxygen atoms in total. The number of carbonyl (C=O) groups is 1. The molecule has 0 saturated heterocycles. The first-order chi connectivity index (χ1) is 18.5. The van der Waals surface area contributed by atoms with Crippen LogP contribution >= 0.6 is 11.6 Å². The number of pyridine rings is 1. The first kappa shape index (κ1) is 27.5. The van der Waals surface area contributed by atoms with Gasteiger partial charge in [0.2, 0.25) is 0 Å². The Morgan fingerprint density at radius 1 is 1.08 bits per heavy atom. The highest BCUT2D eigenvalue weighted by molar-refractivity contribution is 6.30. The van der Waals surface area contributed by atoms with Crippen LogP contribution < -0.4 is 15.4 Å². The predicted molar refractivity (Wildman–Crippen MR) is 150 cm³/mol. The second-order valence-electron chi connectivity index (χ2n) is 9.11. The summed E-state index contributed by atoms with van der Waals surface area (Å²) in [7, 11) is 0. The molecule has 4 N–H and O–H groups in total. The van der Waals surface area contributed by atoms with E-state index in [1.54, 1.807) is 42.6 Å². The van der Waals surface area contributed by atoms with Crippen molar-refractivity contribution in [2.24, 2.45) is 0 Å². The van der Waals surface area contributed by atoms with Gasteiger partial charge in [-0.25, -0.2) is 0 Å². The molecule has 8 heteroatoms. The molecule has 0 aliphatic rings. The van der Waals surface area contributed by atoms with Crippen molar-refractivity contribution in [3.8, 4) is 11.5 Å². The van der Waals surface area contributed by atoms with Gasteiger partial charge < -0.3 is 25.6 Å². The molecule has 1 heterocycles. The summed E-state index contributed by atoms with van der Waals surface area (Å²) in [6.07, 6.45) is 2.39. The topological polar surface area (TPSA) is 104 Å². The van der Waals surface area contributed by atoms with Gasteiger partial charge in [0, 0.05) is 41.3 Å². The van der Waals surface area contributed by atoms with Gasteiger partial charge in [0.25, 0.3) is 5.91 Å². The average molecular weight is 534 g/mol. The third-order valence-corrected chi connectivity index (χ3v) is 6.42. The molecule has 0 spiro atoms. The van der Waals surface area contributed by atoms with E-state index in [0.717, 1.165) is 22.9 Å². The Morgan fingerprint density at radius 2 is 1.89 bits per heavy atom. The van der Waals surface area contributed by atoms with Crippen LogP contribution in [0.4, 0.5) is 0 Å². The second-order valence-corrected chi connectivity index (χ2v) is 9.54. The standard InChI is InChI=1S/C30H32ClN3O4/c1-2-13-33-30(37)22-8-11-26-27(17-22)32-14-12-29(26)38-25-9-6-20(7-10-25)15-24(19-35)34-18-28(36)21-4-3-5-23(31)16-21/h3-12,14,16-17,24,28,34-36H,2,13,15,18-19H2,1H3,(H,33,37)/t24-,28+/m0/s1. The lowest BCUT2D eigenvalue weighted by Gasteiger charge is -2.19. The fourth-order valence-corrected chi connectivity index (χ4v) is 4.31. The van der Waals surface area contributed by atoms with E-state index >= 15 is 0 Å². The fourth-order valence-electron chi connectivity index (χ4n) is 4.11. The van der Waals surface area contributed by atoms with Crippen molar-refractivity contribution >= 4 is 28.4 Å². The molecule has 3 aromatic carbocycles. The lowest BCUT2D eigenvalue weighted by Crippen LogP contribution is -2.37. The Balaban J connectivity index is 1.37. The van der Waals surface area contributed by atoms with E-state index in [1.165, 1.54) is 0 Å². The molecule has 0 fully saturated rings. The molecule has 4 aromatic rings. The molecule has 0 unspecified atom stereocenters. The minimum absolute atomic E-state index is 0.0675. The third kappa shape index (κ3) is 7.30. The predicted octanol–water partition coefficient (Wildman–Crippen LogP) is 5.05. The number of rotatable bonds is 12. The van der Waals surface area contributed by atoms with Gasteiger partial charge in [0.05, 0.1) is 18.2 Å². The van der Waals surface area contributed by atoms with Crippen LogP contribution in [0.25, 0.3) is 10.9 Å². The number of fused-ring (bicyclic) bond motifs is 1. The van der Waals surface area contributed by atoms with Crippen LogP contribution in [-0.2, 0) is 6.42 Å². The minimum atomic E-state index is -0.726. The number of aliphatic hydroxyl groups excluding tert-OH is 2. The maximum Gasteiger partial charge on any atom is 0.251 e. The van der Waals surface area contributed by atoms with Crippen molar-refractivity contribution in [2.75, 3.05) is 19.7 Å². The van der Waals surface area contributed by atoms with Gasteiger partial charge in [-0.05, 0) is 72.5 Å². The number of benzene rings is 3. The Hall–Kier alpha value is -3.49. The summed E-state index contributed by atoms with van der Waals surface area (Å²) in [6.45, 7) is 2.87. The summed E-state index contributed by atoms with van der Waals surface area (Å²) < 4.78 is 6.13. The summed E-state index contributed by atoms with van der Waals surface area (Å²) in [6, 6.07) is 21.7. The molecule has 2 atom stereocenters. The number of hydrogen-bond donors (Lipinski definition) is 4. The van der Waals surface area contributed by atoms with Crippen molar-refractivity contribution in [1.29, 1.82) is 0 Å². The molecule has 0 radical (unpaired) electrons. The van der Waals surface area contributed by atoms with Gasteiger partial charge in [-0.15, -0.1) is 0 Å². The van der Waals surface area contributed by atoms with Crippen LogP contribution in [0.1, 0.15) is 40.9 Å². The van der Waals surface area contributed by atoms with Crippen LogP contribution in [0.15, 0.2) is 79.0 Å². The SMILES string of the molecule is CCCNC(=O)c1ccc2c(Oc3ccc(C[C@@H](CO)NC[C@@H](O)c4cccc(Cl)c4)cc3)ccnc2c1. The Bertz CT molecular complexity index is 1360. The maximum absolute atomic E-state index is 12.3. The summed E-state index contributed by atoms with van der Waals surface area (Å²) in [4.78, 5) is 16.7. The number of aromatic nitrogens is 1. The van der Waals surface area contributed by atoms with E-state index in [4.69, 9.17) is 16.3 Å². The van der Waals surface area contributed by atoms with Gasteiger partial charge in [-0.3, -0.25) is 9.78 Å². The third-order valence-electron chi connectivity index (χ3n) is 6.19. The van der Waals surface area contributed by atoms with E-state index in [9.17, 15) is 15.0 Å². The van der Waals surface area contributed by atoms with Crippen molar-refractivity contribution in [1.82, 2.24) is 15.6 Å². The zero-order chi connectivity index (χ0) is 26.9. The van der Waals surface area contributed by atoms with Gasteiger partial charge >= 0.3 is 0 Å². The maximum atomic E-state index is 12.3. The largest absolute Gasteiger partial charge is 0.457 e. The van der Waals surface area contributed by atoms with Crippen LogP contribution in [-0.4, -0.2) is 46.8 Å². The highest BCUT2D eigenvalue weighted by Crippen LogP contribution is 2.29. The quantitative estimate of drug-likeness (QED) is 0.203. The van der Waals surface area contributed by atoms with Gasteiger partial charge in [-0.1, -0.05) is 42.8 Å². The van der Waals surface area contributed by atoms with Crippen LogP contribution in [0.5, 0.6) is 11.5 Å². The van der Waals surface area contributed by atoms with Crippen LogP contribution in [0.2, 0.25) is 5.02 Å². The number of aliphatic hydroxyl groups is 2. The minimum Gasteiger partial charge on any atom is -0.457 e. The number of halogens is 1. The monoisotopic (exact) mass is 533 g/mol. The average Bonchev–Trinajstić information content (AvgIpc) is 2.94. The fraction of sp³-hybridized carbons (Fsp3) is 0.267. The Labute approximate surface area is 227 Å². The van der Waals surface area contributed by atoms with Crippen molar-refractivity contribution in [3.63, 3.8) is 0 Å². The second kappa shape index (κ2) is 13.3. The van der Waals surface area contributed by atoms with Gasteiger partial charge in [0.1, 0.15) is 11.5 Å². The van der Waals surface area contributed by atoms with E-state index in [2.05, 4.69) is 15.6 Å². The Morgan fingerprint density at radius 3 is 2.63 bits per heavy atom. The smallest absolute Gasteiger partial charge is 0.251 e. The summed E-state index contributed by atoms with van der Waals surface area (Å²) in [5, 5.41) is 27.8.